The van der Waals surface area contributed by atoms with Gasteiger partial charge in [-0.25, -0.2) is 17.5 Å². The van der Waals surface area contributed by atoms with Gasteiger partial charge in [0.15, 0.2) is 0 Å². The lowest BCUT2D eigenvalue weighted by Gasteiger charge is -2.22. The second-order valence-corrected chi connectivity index (χ2v) is 8.51. The maximum atomic E-state index is 14.2. The standard InChI is InChI=1S/C16H17FN2O3S2/c1-18-24(21,22)13-6-7-15(17)14(9-13)16(20)19(11-4-5-11)10-12-3-2-8-23-12/h2-3,6-9,11,18H,4-5,10H2,1H3. The Balaban J connectivity index is 1.94. The fraction of sp³-hybridized carbons (Fsp3) is 0.312. The van der Waals surface area contributed by atoms with E-state index in [0.717, 1.165) is 35.9 Å². The molecule has 2 aromatic rings. The number of thiophene rings is 1. The number of halogens is 1. The number of nitrogens with zero attached hydrogens (tertiary/aromatic N) is 1. The zero-order valence-electron chi connectivity index (χ0n) is 13.0. The predicted molar refractivity (Wildman–Crippen MR) is 89.9 cm³/mol. The third-order valence-electron chi connectivity index (χ3n) is 3.90. The molecule has 1 amide bonds. The molecule has 0 saturated heterocycles. The Morgan fingerprint density at radius 2 is 2.12 bits per heavy atom. The maximum absolute atomic E-state index is 14.2. The highest BCUT2D eigenvalue weighted by atomic mass is 32.2. The maximum Gasteiger partial charge on any atom is 0.257 e. The molecule has 1 heterocycles. The van der Waals surface area contributed by atoms with Gasteiger partial charge in [-0.3, -0.25) is 4.79 Å². The molecule has 1 N–H and O–H groups in total. The summed E-state index contributed by atoms with van der Waals surface area (Å²) in [5.74, 6) is -1.19. The molecular weight excluding hydrogens is 351 g/mol. The lowest BCUT2D eigenvalue weighted by atomic mass is 10.1. The number of nitrogens with one attached hydrogen (secondary N) is 1. The van der Waals surface area contributed by atoms with Gasteiger partial charge in [-0.2, -0.15) is 0 Å². The van der Waals surface area contributed by atoms with E-state index in [1.54, 1.807) is 4.90 Å². The van der Waals surface area contributed by atoms with Crippen LogP contribution in [0.25, 0.3) is 0 Å². The van der Waals surface area contributed by atoms with Crippen LogP contribution in [0.15, 0.2) is 40.6 Å². The number of carbonyl (C=O) groups excluding carboxylic acids is 1. The number of amides is 1. The largest absolute Gasteiger partial charge is 0.330 e. The van der Waals surface area contributed by atoms with Gasteiger partial charge in [-0.15, -0.1) is 11.3 Å². The van der Waals surface area contributed by atoms with Crippen LogP contribution in [0.1, 0.15) is 28.1 Å². The molecule has 0 bridgehead atoms. The van der Waals surface area contributed by atoms with Gasteiger partial charge in [-0.05, 0) is 49.5 Å². The predicted octanol–water partition coefficient (Wildman–Crippen LogP) is 2.60. The van der Waals surface area contributed by atoms with Crippen molar-refractivity contribution in [3.05, 3.63) is 52.0 Å². The van der Waals surface area contributed by atoms with Crippen molar-refractivity contribution < 1.29 is 17.6 Å². The quantitative estimate of drug-likeness (QED) is 0.852. The first-order chi connectivity index (χ1) is 11.4. The second kappa shape index (κ2) is 6.62. The summed E-state index contributed by atoms with van der Waals surface area (Å²) in [6.45, 7) is 0.406. The fourth-order valence-electron chi connectivity index (χ4n) is 2.43. The van der Waals surface area contributed by atoms with Crippen LogP contribution in [0.4, 0.5) is 4.39 Å². The first-order valence-corrected chi connectivity index (χ1v) is 9.85. The highest BCUT2D eigenvalue weighted by Gasteiger charge is 2.34. The lowest BCUT2D eigenvalue weighted by molar-refractivity contribution is 0.0726. The van der Waals surface area contributed by atoms with E-state index in [1.165, 1.54) is 18.4 Å². The summed E-state index contributed by atoms with van der Waals surface area (Å²) in [5, 5.41) is 1.92. The van der Waals surface area contributed by atoms with Crippen molar-refractivity contribution in [3.63, 3.8) is 0 Å². The minimum absolute atomic E-state index is 0.0866. The van der Waals surface area contributed by atoms with E-state index in [1.807, 2.05) is 17.5 Å². The van der Waals surface area contributed by atoms with E-state index in [-0.39, 0.29) is 16.5 Å². The van der Waals surface area contributed by atoms with Crippen LogP contribution < -0.4 is 4.72 Å². The summed E-state index contributed by atoms with van der Waals surface area (Å²) in [6, 6.07) is 7.19. The second-order valence-electron chi connectivity index (χ2n) is 5.59. The van der Waals surface area contributed by atoms with Crippen molar-refractivity contribution in [1.82, 2.24) is 9.62 Å². The van der Waals surface area contributed by atoms with E-state index in [0.29, 0.717) is 6.54 Å². The Hall–Kier alpha value is -1.77. The molecule has 1 aromatic heterocycles. The van der Waals surface area contributed by atoms with E-state index in [2.05, 4.69) is 4.72 Å². The Kier molecular flexibility index (Phi) is 4.71. The molecule has 5 nitrogen and oxygen atoms in total. The van der Waals surface area contributed by atoms with Crippen molar-refractivity contribution in [1.29, 1.82) is 0 Å². The normalized spacial score (nSPS) is 14.6. The Morgan fingerprint density at radius 3 is 2.71 bits per heavy atom. The van der Waals surface area contributed by atoms with Crippen LogP contribution in [-0.4, -0.2) is 32.3 Å². The van der Waals surface area contributed by atoms with Gasteiger partial charge >= 0.3 is 0 Å². The Labute approximate surface area is 144 Å². The number of rotatable bonds is 6. The highest BCUT2D eigenvalue weighted by molar-refractivity contribution is 7.89. The van der Waals surface area contributed by atoms with Crippen molar-refractivity contribution >= 4 is 27.3 Å². The molecule has 0 unspecified atom stereocenters. The summed E-state index contributed by atoms with van der Waals surface area (Å²) in [5.41, 5.74) is -0.213. The number of hydrogen-bond acceptors (Lipinski definition) is 4. The molecule has 0 radical (unpaired) electrons. The van der Waals surface area contributed by atoms with Crippen LogP contribution in [0.3, 0.4) is 0 Å². The SMILES string of the molecule is CNS(=O)(=O)c1ccc(F)c(C(=O)N(Cc2cccs2)C2CC2)c1. The van der Waals surface area contributed by atoms with Gasteiger partial charge in [0.1, 0.15) is 5.82 Å². The average molecular weight is 368 g/mol. The summed E-state index contributed by atoms with van der Waals surface area (Å²) in [6.07, 6.45) is 1.76. The van der Waals surface area contributed by atoms with Gasteiger partial charge in [0, 0.05) is 10.9 Å². The van der Waals surface area contributed by atoms with Gasteiger partial charge < -0.3 is 4.90 Å². The molecule has 8 heteroatoms. The van der Waals surface area contributed by atoms with Crippen LogP contribution in [0, 0.1) is 5.82 Å². The van der Waals surface area contributed by atoms with E-state index < -0.39 is 21.7 Å². The third kappa shape index (κ3) is 3.50. The van der Waals surface area contributed by atoms with Gasteiger partial charge in [0.25, 0.3) is 5.91 Å². The number of carbonyl (C=O) groups is 1. The molecule has 1 saturated carbocycles. The van der Waals surface area contributed by atoms with Gasteiger partial charge in [0.05, 0.1) is 17.0 Å². The average Bonchev–Trinajstić information content (AvgIpc) is 3.28. The fourth-order valence-corrected chi connectivity index (χ4v) is 3.89. The van der Waals surface area contributed by atoms with Crippen LogP contribution >= 0.6 is 11.3 Å². The topological polar surface area (TPSA) is 66.5 Å². The summed E-state index contributed by atoms with van der Waals surface area (Å²) in [7, 11) is -2.47. The monoisotopic (exact) mass is 368 g/mol. The number of benzene rings is 1. The Bertz CT molecular complexity index is 846. The molecule has 1 fully saturated rings. The molecule has 3 rings (SSSR count). The minimum Gasteiger partial charge on any atom is -0.330 e. The van der Waals surface area contributed by atoms with Crippen molar-refractivity contribution in [2.45, 2.75) is 30.3 Å². The van der Waals surface area contributed by atoms with Crippen molar-refractivity contribution in [3.8, 4) is 0 Å². The molecule has 0 spiro atoms. The first-order valence-electron chi connectivity index (χ1n) is 7.49. The first kappa shape index (κ1) is 17.1. The van der Waals surface area contributed by atoms with Gasteiger partial charge in [-0.1, -0.05) is 6.07 Å². The Morgan fingerprint density at radius 1 is 1.38 bits per heavy atom. The smallest absolute Gasteiger partial charge is 0.257 e. The van der Waals surface area contributed by atoms with E-state index in [4.69, 9.17) is 0 Å². The number of sulfonamides is 1. The van der Waals surface area contributed by atoms with Crippen molar-refractivity contribution in [2.75, 3.05) is 7.05 Å². The molecule has 1 aliphatic carbocycles. The summed E-state index contributed by atoms with van der Waals surface area (Å²) < 4.78 is 40.2. The molecule has 128 valence electrons. The van der Waals surface area contributed by atoms with E-state index in [9.17, 15) is 17.6 Å². The molecular formula is C16H17FN2O3S2. The summed E-state index contributed by atoms with van der Waals surface area (Å²) >= 11 is 1.53. The molecule has 1 aromatic carbocycles. The molecule has 0 aliphatic heterocycles. The number of hydrogen-bond donors (Lipinski definition) is 1. The third-order valence-corrected chi connectivity index (χ3v) is 6.18. The minimum atomic E-state index is -3.74. The van der Waals surface area contributed by atoms with Crippen LogP contribution in [0.5, 0.6) is 0 Å². The molecule has 24 heavy (non-hydrogen) atoms. The lowest BCUT2D eigenvalue weighted by Crippen LogP contribution is -2.33. The van der Waals surface area contributed by atoms with Crippen LogP contribution in [-0.2, 0) is 16.6 Å². The highest BCUT2D eigenvalue weighted by Crippen LogP contribution is 2.31. The zero-order valence-corrected chi connectivity index (χ0v) is 14.7. The van der Waals surface area contributed by atoms with Gasteiger partial charge in [0.2, 0.25) is 10.0 Å². The molecule has 0 atom stereocenters. The molecule has 1 aliphatic rings. The van der Waals surface area contributed by atoms with Crippen LogP contribution in [0.2, 0.25) is 0 Å². The van der Waals surface area contributed by atoms with E-state index >= 15 is 0 Å². The summed E-state index contributed by atoms with van der Waals surface area (Å²) in [4.78, 5) is 15.3. The zero-order chi connectivity index (χ0) is 17.3. The van der Waals surface area contributed by atoms with Crippen molar-refractivity contribution in [2.24, 2.45) is 0 Å².